The molecule has 31 heavy (non-hydrogen) atoms. The molecule has 0 saturated carbocycles. The summed E-state index contributed by atoms with van der Waals surface area (Å²) in [6.07, 6.45) is 1.45. The van der Waals surface area contributed by atoms with Crippen LogP contribution in [0, 0.1) is 0 Å². The van der Waals surface area contributed by atoms with Gasteiger partial charge in [0.1, 0.15) is 5.76 Å². The number of hydrogen-bond donors (Lipinski definition) is 2. The summed E-state index contributed by atoms with van der Waals surface area (Å²) in [5, 5.41) is 2.75. The average molecular weight is 442 g/mol. The summed E-state index contributed by atoms with van der Waals surface area (Å²) in [6.45, 7) is 1.39. The van der Waals surface area contributed by atoms with Gasteiger partial charge in [-0.3, -0.25) is 4.79 Å². The minimum atomic E-state index is -3.77. The van der Waals surface area contributed by atoms with E-state index in [9.17, 15) is 18.0 Å². The lowest BCUT2D eigenvalue weighted by Gasteiger charge is -2.14. The van der Waals surface area contributed by atoms with Crippen molar-refractivity contribution < 1.29 is 27.2 Å². The first-order valence-corrected chi connectivity index (χ1v) is 11.0. The molecule has 0 aliphatic heterocycles. The number of benzene rings is 2. The first kappa shape index (κ1) is 22.3. The summed E-state index contributed by atoms with van der Waals surface area (Å²) in [6, 6.07) is 17.7. The lowest BCUT2D eigenvalue weighted by atomic mass is 10.1. The van der Waals surface area contributed by atoms with Gasteiger partial charge >= 0.3 is 5.97 Å². The molecule has 8 nitrogen and oxygen atoms in total. The van der Waals surface area contributed by atoms with Crippen molar-refractivity contribution in [2.45, 2.75) is 24.4 Å². The van der Waals surface area contributed by atoms with Crippen LogP contribution in [0.4, 0.5) is 0 Å². The molecule has 2 aromatic carbocycles. The van der Waals surface area contributed by atoms with Crippen molar-refractivity contribution >= 4 is 21.9 Å². The van der Waals surface area contributed by atoms with Crippen LogP contribution in [0.2, 0.25) is 0 Å². The van der Waals surface area contributed by atoms with Gasteiger partial charge in [0.2, 0.25) is 10.0 Å². The fraction of sp³-hybridized carbons (Fsp3) is 0.182. The Bertz CT molecular complexity index is 1110. The molecule has 1 heterocycles. The van der Waals surface area contributed by atoms with Crippen LogP contribution >= 0.6 is 0 Å². The minimum Gasteiger partial charge on any atom is -0.468 e. The molecule has 3 rings (SSSR count). The zero-order chi connectivity index (χ0) is 22.3. The lowest BCUT2D eigenvalue weighted by Crippen LogP contribution is -2.31. The van der Waals surface area contributed by atoms with Crippen molar-refractivity contribution in [3.63, 3.8) is 0 Å². The fourth-order valence-corrected chi connectivity index (χ4v) is 3.75. The molecule has 0 unspecified atom stereocenters. The van der Waals surface area contributed by atoms with E-state index in [2.05, 4.69) is 10.0 Å². The zero-order valence-corrected chi connectivity index (χ0v) is 17.6. The van der Waals surface area contributed by atoms with Crippen molar-refractivity contribution in [3.8, 4) is 0 Å². The number of ether oxygens (including phenoxy) is 1. The van der Waals surface area contributed by atoms with Crippen LogP contribution in [0.3, 0.4) is 0 Å². The normalized spacial score (nSPS) is 12.2. The largest absolute Gasteiger partial charge is 0.468 e. The van der Waals surface area contributed by atoms with Gasteiger partial charge in [0, 0.05) is 0 Å². The predicted octanol–water partition coefficient (Wildman–Crippen LogP) is 2.79. The van der Waals surface area contributed by atoms with Crippen molar-refractivity contribution in [1.82, 2.24) is 10.0 Å². The number of esters is 1. The average Bonchev–Trinajstić information content (AvgIpc) is 3.31. The highest BCUT2D eigenvalue weighted by Gasteiger charge is 2.17. The Morgan fingerprint density at radius 3 is 2.35 bits per heavy atom. The summed E-state index contributed by atoms with van der Waals surface area (Å²) in [4.78, 5) is 24.2. The second-order valence-corrected chi connectivity index (χ2v) is 8.47. The van der Waals surface area contributed by atoms with Crippen molar-refractivity contribution in [3.05, 3.63) is 89.9 Å². The molecule has 0 radical (unpaired) electrons. The summed E-state index contributed by atoms with van der Waals surface area (Å²) < 4.78 is 37.2. The first-order chi connectivity index (χ1) is 14.8. The van der Waals surface area contributed by atoms with Crippen molar-refractivity contribution in [2.75, 3.05) is 6.61 Å². The SMILES string of the molecule is C[C@H](NC(=O)COC(=O)c1ccc(S(=O)(=O)NCc2ccco2)cc1)c1ccccc1. The highest BCUT2D eigenvalue weighted by atomic mass is 32.2. The van der Waals surface area contributed by atoms with Gasteiger partial charge < -0.3 is 14.5 Å². The molecule has 0 bridgehead atoms. The third kappa shape index (κ3) is 6.27. The maximum atomic E-state index is 12.3. The van der Waals surface area contributed by atoms with Crippen LogP contribution in [0.1, 0.15) is 34.6 Å². The van der Waals surface area contributed by atoms with Gasteiger partial charge in [-0.2, -0.15) is 0 Å². The molecule has 0 spiro atoms. The monoisotopic (exact) mass is 442 g/mol. The van der Waals surface area contributed by atoms with Crippen molar-refractivity contribution in [2.24, 2.45) is 0 Å². The molecule has 0 fully saturated rings. The standard InChI is InChI=1S/C22H22N2O6S/c1-16(17-6-3-2-4-7-17)24-21(25)15-30-22(26)18-9-11-20(12-10-18)31(27,28)23-14-19-8-5-13-29-19/h2-13,16,23H,14-15H2,1H3,(H,24,25)/t16-/m0/s1. The van der Waals surface area contributed by atoms with Crippen LogP contribution in [-0.4, -0.2) is 26.9 Å². The fourth-order valence-electron chi connectivity index (χ4n) is 2.76. The molecule has 0 aliphatic rings. The van der Waals surface area contributed by atoms with E-state index in [1.54, 1.807) is 12.1 Å². The second kappa shape index (κ2) is 10.1. The number of carbonyl (C=O) groups is 2. The van der Waals surface area contributed by atoms with E-state index in [1.807, 2.05) is 37.3 Å². The van der Waals surface area contributed by atoms with E-state index < -0.39 is 28.5 Å². The molecule has 1 atom stereocenters. The topological polar surface area (TPSA) is 115 Å². The Morgan fingerprint density at radius 2 is 1.71 bits per heavy atom. The number of carbonyl (C=O) groups excluding carboxylic acids is 2. The quantitative estimate of drug-likeness (QED) is 0.493. The highest BCUT2D eigenvalue weighted by Crippen LogP contribution is 2.13. The van der Waals surface area contributed by atoms with Gasteiger partial charge in [0.15, 0.2) is 6.61 Å². The summed E-state index contributed by atoms with van der Waals surface area (Å²) >= 11 is 0. The number of furan rings is 1. The van der Waals surface area contributed by atoms with E-state index >= 15 is 0 Å². The molecular weight excluding hydrogens is 420 g/mol. The van der Waals surface area contributed by atoms with Crippen LogP contribution in [0.5, 0.6) is 0 Å². The summed E-state index contributed by atoms with van der Waals surface area (Å²) in [5.74, 6) is -0.690. The molecule has 1 aromatic heterocycles. The second-order valence-electron chi connectivity index (χ2n) is 6.70. The number of sulfonamides is 1. The number of hydrogen-bond acceptors (Lipinski definition) is 6. The maximum absolute atomic E-state index is 12.3. The maximum Gasteiger partial charge on any atom is 0.338 e. The molecule has 1 amide bonds. The van der Waals surface area contributed by atoms with Crippen molar-refractivity contribution in [1.29, 1.82) is 0 Å². The van der Waals surface area contributed by atoms with Gasteiger partial charge in [-0.05, 0) is 48.9 Å². The molecule has 0 aliphatic carbocycles. The molecule has 3 aromatic rings. The summed E-state index contributed by atoms with van der Waals surface area (Å²) in [5.41, 5.74) is 1.06. The van der Waals surface area contributed by atoms with Crippen LogP contribution in [0.25, 0.3) is 0 Å². The van der Waals surface area contributed by atoms with E-state index in [-0.39, 0.29) is 23.0 Å². The number of rotatable bonds is 9. The van der Waals surface area contributed by atoms with Gasteiger partial charge in [-0.1, -0.05) is 30.3 Å². The lowest BCUT2D eigenvalue weighted by molar-refractivity contribution is -0.124. The molecule has 9 heteroatoms. The van der Waals surface area contributed by atoms with E-state index in [4.69, 9.17) is 9.15 Å². The van der Waals surface area contributed by atoms with E-state index in [0.29, 0.717) is 5.76 Å². The van der Waals surface area contributed by atoms with Crippen LogP contribution in [-0.2, 0) is 26.1 Å². The van der Waals surface area contributed by atoms with Gasteiger partial charge in [-0.25, -0.2) is 17.9 Å². The van der Waals surface area contributed by atoms with E-state index in [0.717, 1.165) is 5.56 Å². The van der Waals surface area contributed by atoms with Gasteiger partial charge in [-0.15, -0.1) is 0 Å². The highest BCUT2D eigenvalue weighted by molar-refractivity contribution is 7.89. The minimum absolute atomic E-state index is 0.00923. The summed E-state index contributed by atoms with van der Waals surface area (Å²) in [7, 11) is -3.77. The molecule has 162 valence electrons. The molecule has 0 saturated heterocycles. The Balaban J connectivity index is 1.51. The predicted molar refractivity (Wildman–Crippen MR) is 112 cm³/mol. The third-order valence-electron chi connectivity index (χ3n) is 4.43. The molecule has 2 N–H and O–H groups in total. The Labute approximate surface area is 180 Å². The Hall–Kier alpha value is -3.43. The van der Waals surface area contributed by atoms with Gasteiger partial charge in [0.05, 0.1) is 29.3 Å². The first-order valence-electron chi connectivity index (χ1n) is 9.49. The van der Waals surface area contributed by atoms with E-state index in [1.165, 1.54) is 30.5 Å². The van der Waals surface area contributed by atoms with Crippen LogP contribution in [0.15, 0.2) is 82.3 Å². The van der Waals surface area contributed by atoms with Crippen LogP contribution < -0.4 is 10.0 Å². The Morgan fingerprint density at radius 1 is 1.00 bits per heavy atom. The number of amides is 1. The zero-order valence-electron chi connectivity index (χ0n) is 16.8. The Kier molecular flexibility index (Phi) is 7.22. The van der Waals surface area contributed by atoms with Gasteiger partial charge in [0.25, 0.3) is 5.91 Å². The number of nitrogens with one attached hydrogen (secondary N) is 2. The smallest absolute Gasteiger partial charge is 0.338 e. The molecular formula is C22H22N2O6S. The third-order valence-corrected chi connectivity index (χ3v) is 5.85.